The van der Waals surface area contributed by atoms with Gasteiger partial charge < -0.3 is 9.84 Å². The van der Waals surface area contributed by atoms with Crippen LogP contribution in [0.3, 0.4) is 0 Å². The predicted molar refractivity (Wildman–Crippen MR) is 97.2 cm³/mol. The number of aryl methyl sites for hydroxylation is 2. The topological polar surface area (TPSA) is 55.1 Å². The molecule has 4 nitrogen and oxygen atoms in total. The number of anilines is 1. The maximum Gasteiger partial charge on any atom is 0.228 e. The number of hydrogen-bond donors (Lipinski definition) is 1. The monoisotopic (exact) mass is 330 g/mol. The van der Waals surface area contributed by atoms with Crippen LogP contribution in [0.2, 0.25) is 0 Å². The van der Waals surface area contributed by atoms with Gasteiger partial charge in [-0.2, -0.15) is 0 Å². The van der Waals surface area contributed by atoms with Crippen LogP contribution in [0.5, 0.6) is 0 Å². The summed E-state index contributed by atoms with van der Waals surface area (Å²) in [7, 11) is 0. The maximum atomic E-state index is 12.3. The zero-order chi connectivity index (χ0) is 17.6. The first kappa shape index (κ1) is 16.5. The molecule has 0 fully saturated rings. The third-order valence-electron chi connectivity index (χ3n) is 3.79. The van der Waals surface area contributed by atoms with E-state index in [1.54, 1.807) is 0 Å². The fourth-order valence-electron chi connectivity index (χ4n) is 2.46. The van der Waals surface area contributed by atoms with Gasteiger partial charge in [0.25, 0.3) is 0 Å². The zero-order valence-electron chi connectivity index (χ0n) is 14.2. The Morgan fingerprint density at radius 3 is 2.48 bits per heavy atom. The van der Waals surface area contributed by atoms with Gasteiger partial charge in [0.1, 0.15) is 5.76 Å². The molecule has 0 spiro atoms. The second-order valence-corrected chi connectivity index (χ2v) is 5.72. The third-order valence-corrected chi connectivity index (χ3v) is 3.79. The summed E-state index contributed by atoms with van der Waals surface area (Å²) >= 11 is 0. The first-order valence-electron chi connectivity index (χ1n) is 8.00. The van der Waals surface area contributed by atoms with E-state index in [-0.39, 0.29) is 12.3 Å². The second kappa shape index (κ2) is 7.50. The van der Waals surface area contributed by atoms with E-state index < -0.39 is 0 Å². The third kappa shape index (κ3) is 4.36. The Morgan fingerprint density at radius 1 is 1.04 bits per heavy atom. The van der Waals surface area contributed by atoms with E-state index in [0.717, 1.165) is 28.1 Å². The number of benzene rings is 2. The Labute approximate surface area is 146 Å². The molecule has 0 saturated carbocycles. The van der Waals surface area contributed by atoms with Crippen molar-refractivity contribution in [3.63, 3.8) is 0 Å². The van der Waals surface area contributed by atoms with E-state index in [1.165, 1.54) is 0 Å². The van der Waals surface area contributed by atoms with Crippen LogP contribution in [-0.2, 0) is 11.2 Å². The van der Waals surface area contributed by atoms with Gasteiger partial charge in [-0.3, -0.25) is 4.79 Å². The lowest BCUT2D eigenvalue weighted by molar-refractivity contribution is -0.115. The molecule has 2 aromatic carbocycles. The molecule has 0 atom stereocenters. The van der Waals surface area contributed by atoms with Crippen molar-refractivity contribution in [1.29, 1.82) is 0 Å². The van der Waals surface area contributed by atoms with Crippen LogP contribution in [0, 0.1) is 25.7 Å². The van der Waals surface area contributed by atoms with Gasteiger partial charge in [-0.25, -0.2) is 0 Å². The Bertz CT molecular complexity index is 927. The van der Waals surface area contributed by atoms with Crippen molar-refractivity contribution in [1.82, 2.24) is 5.16 Å². The minimum atomic E-state index is -0.109. The molecule has 0 saturated heterocycles. The molecule has 3 aromatic rings. The molecule has 124 valence electrons. The summed E-state index contributed by atoms with van der Waals surface area (Å²) in [5.41, 5.74) is 4.10. The van der Waals surface area contributed by atoms with Crippen LogP contribution >= 0.6 is 0 Å². The van der Waals surface area contributed by atoms with E-state index >= 15 is 0 Å². The van der Waals surface area contributed by atoms with Gasteiger partial charge in [0.05, 0.1) is 12.1 Å². The largest absolute Gasteiger partial charge is 0.361 e. The van der Waals surface area contributed by atoms with Gasteiger partial charge in [-0.1, -0.05) is 41.3 Å². The molecule has 1 heterocycles. The highest BCUT2D eigenvalue weighted by atomic mass is 16.5. The fraction of sp³-hybridized carbons (Fsp3) is 0.143. The molecular formula is C21H18N2O2. The van der Waals surface area contributed by atoms with Crippen molar-refractivity contribution in [3.05, 3.63) is 82.7 Å². The fourth-order valence-corrected chi connectivity index (χ4v) is 2.46. The van der Waals surface area contributed by atoms with Crippen molar-refractivity contribution < 1.29 is 9.32 Å². The Balaban J connectivity index is 1.70. The number of nitrogens with one attached hydrogen (secondary N) is 1. The van der Waals surface area contributed by atoms with E-state index in [4.69, 9.17) is 4.52 Å². The zero-order valence-corrected chi connectivity index (χ0v) is 14.2. The molecule has 0 unspecified atom stereocenters. The van der Waals surface area contributed by atoms with Crippen LogP contribution in [0.25, 0.3) is 0 Å². The number of aromatic nitrogens is 1. The summed E-state index contributed by atoms with van der Waals surface area (Å²) in [5, 5.41) is 6.77. The average molecular weight is 330 g/mol. The average Bonchev–Trinajstić information content (AvgIpc) is 2.93. The van der Waals surface area contributed by atoms with Crippen molar-refractivity contribution in [2.75, 3.05) is 5.32 Å². The minimum absolute atomic E-state index is 0.109. The molecule has 0 radical (unpaired) electrons. The van der Waals surface area contributed by atoms with Crippen LogP contribution in [-0.4, -0.2) is 11.1 Å². The van der Waals surface area contributed by atoms with Gasteiger partial charge in [0.2, 0.25) is 5.91 Å². The quantitative estimate of drug-likeness (QED) is 0.742. The maximum absolute atomic E-state index is 12.3. The Hall–Kier alpha value is -3.32. The summed E-state index contributed by atoms with van der Waals surface area (Å²) < 4.78 is 5.09. The number of hydrogen-bond acceptors (Lipinski definition) is 3. The summed E-state index contributed by atoms with van der Waals surface area (Å²) in [6, 6.07) is 17.3. The predicted octanol–water partition coefficient (Wildman–Crippen LogP) is 3.87. The van der Waals surface area contributed by atoms with Crippen molar-refractivity contribution in [2.24, 2.45) is 0 Å². The van der Waals surface area contributed by atoms with Crippen LogP contribution in [0.15, 0.2) is 59.1 Å². The molecule has 0 aliphatic heterocycles. The summed E-state index contributed by atoms with van der Waals surface area (Å²) in [6.07, 6.45) is 0.237. The first-order valence-corrected chi connectivity index (χ1v) is 8.00. The molecule has 1 amide bonds. The number of amides is 1. The SMILES string of the molecule is Cc1noc(C)c1CC(=O)Nc1cccc(C#Cc2ccccc2)c1. The van der Waals surface area contributed by atoms with E-state index in [2.05, 4.69) is 22.3 Å². The van der Waals surface area contributed by atoms with E-state index in [1.807, 2.05) is 68.4 Å². The standard InChI is InChI=1S/C21H18N2O2/c1-15-20(16(2)25-23-15)14-21(24)22-19-10-6-9-18(13-19)12-11-17-7-4-3-5-8-17/h3-10,13H,14H2,1-2H3,(H,22,24). The van der Waals surface area contributed by atoms with Gasteiger partial charge in [0, 0.05) is 22.4 Å². The molecule has 0 aliphatic rings. The molecule has 3 rings (SSSR count). The number of nitrogens with zero attached hydrogens (tertiary/aromatic N) is 1. The lowest BCUT2D eigenvalue weighted by atomic mass is 10.1. The normalized spacial score (nSPS) is 10.0. The summed E-state index contributed by atoms with van der Waals surface area (Å²) in [6.45, 7) is 3.64. The minimum Gasteiger partial charge on any atom is -0.361 e. The molecule has 4 heteroatoms. The van der Waals surface area contributed by atoms with Gasteiger partial charge >= 0.3 is 0 Å². The smallest absolute Gasteiger partial charge is 0.228 e. The first-order chi connectivity index (χ1) is 12.1. The van der Waals surface area contributed by atoms with Crippen LogP contribution < -0.4 is 5.32 Å². The van der Waals surface area contributed by atoms with Gasteiger partial charge in [-0.15, -0.1) is 0 Å². The number of carbonyl (C=O) groups excluding carboxylic acids is 1. The highest BCUT2D eigenvalue weighted by Crippen LogP contribution is 2.15. The molecular weight excluding hydrogens is 312 g/mol. The molecule has 0 aliphatic carbocycles. The summed E-state index contributed by atoms with van der Waals surface area (Å²) in [5.74, 6) is 6.79. The van der Waals surface area contributed by atoms with E-state index in [0.29, 0.717) is 5.76 Å². The van der Waals surface area contributed by atoms with Crippen LogP contribution in [0.1, 0.15) is 28.1 Å². The van der Waals surface area contributed by atoms with Crippen molar-refractivity contribution in [3.8, 4) is 11.8 Å². The Kier molecular flexibility index (Phi) is 4.96. The highest BCUT2D eigenvalue weighted by Gasteiger charge is 2.13. The number of rotatable bonds is 3. The van der Waals surface area contributed by atoms with Gasteiger partial charge in [-0.05, 0) is 44.2 Å². The molecule has 0 bridgehead atoms. The molecule has 1 aromatic heterocycles. The lowest BCUT2D eigenvalue weighted by Gasteiger charge is -2.05. The van der Waals surface area contributed by atoms with E-state index in [9.17, 15) is 4.79 Å². The van der Waals surface area contributed by atoms with Crippen molar-refractivity contribution >= 4 is 11.6 Å². The molecule has 1 N–H and O–H groups in total. The van der Waals surface area contributed by atoms with Gasteiger partial charge in [0.15, 0.2) is 0 Å². The highest BCUT2D eigenvalue weighted by molar-refractivity contribution is 5.92. The molecule has 25 heavy (non-hydrogen) atoms. The second-order valence-electron chi connectivity index (χ2n) is 5.72. The van der Waals surface area contributed by atoms with Crippen molar-refractivity contribution in [2.45, 2.75) is 20.3 Å². The lowest BCUT2D eigenvalue weighted by Crippen LogP contribution is -2.15. The number of carbonyl (C=O) groups is 1. The summed E-state index contributed by atoms with van der Waals surface area (Å²) in [4.78, 5) is 12.3. The Morgan fingerprint density at radius 2 is 1.76 bits per heavy atom. The van der Waals surface area contributed by atoms with Crippen LogP contribution in [0.4, 0.5) is 5.69 Å².